The van der Waals surface area contributed by atoms with Crippen LogP contribution in [0.15, 0.2) is 42.0 Å². The predicted octanol–water partition coefficient (Wildman–Crippen LogP) is 1.64. The highest BCUT2D eigenvalue weighted by Crippen LogP contribution is 2.08. The van der Waals surface area contributed by atoms with Gasteiger partial charge in [0.1, 0.15) is 0 Å². The molecular formula is C13H17NO3S. The van der Waals surface area contributed by atoms with Gasteiger partial charge < -0.3 is 0 Å². The van der Waals surface area contributed by atoms with E-state index >= 15 is 0 Å². The Kier molecular flexibility index (Phi) is 5.09. The van der Waals surface area contributed by atoms with Crippen molar-refractivity contribution in [1.29, 1.82) is 0 Å². The van der Waals surface area contributed by atoms with Crippen molar-refractivity contribution in [3.05, 3.63) is 47.5 Å². The van der Waals surface area contributed by atoms with E-state index in [1.807, 2.05) is 42.0 Å². The predicted molar refractivity (Wildman–Crippen MR) is 71.5 cm³/mol. The number of benzene rings is 1. The highest BCUT2D eigenvalue weighted by molar-refractivity contribution is 7.89. The fraction of sp³-hybridized carbons (Fsp3) is 0.308. The summed E-state index contributed by atoms with van der Waals surface area (Å²) in [5.74, 6) is -0.594. The fourth-order valence-corrected chi connectivity index (χ4v) is 1.92. The maximum atomic E-state index is 11.3. The number of amides is 1. The third-order valence-corrected chi connectivity index (χ3v) is 2.89. The van der Waals surface area contributed by atoms with Gasteiger partial charge in [0.15, 0.2) is 0 Å². The first-order valence-corrected chi connectivity index (χ1v) is 7.49. The van der Waals surface area contributed by atoms with Gasteiger partial charge >= 0.3 is 0 Å². The molecule has 0 atom stereocenters. The normalized spacial score (nSPS) is 12.2. The second-order valence-corrected chi connectivity index (χ2v) is 5.96. The zero-order chi connectivity index (χ0) is 13.6. The summed E-state index contributed by atoms with van der Waals surface area (Å²) >= 11 is 0. The molecule has 4 nitrogen and oxygen atoms in total. The van der Waals surface area contributed by atoms with Crippen LogP contribution in [0, 0.1) is 0 Å². The summed E-state index contributed by atoms with van der Waals surface area (Å²) in [6.07, 6.45) is 3.83. The van der Waals surface area contributed by atoms with E-state index < -0.39 is 15.9 Å². The van der Waals surface area contributed by atoms with Crippen LogP contribution >= 0.6 is 0 Å². The van der Waals surface area contributed by atoms with Gasteiger partial charge in [0, 0.05) is 6.08 Å². The Morgan fingerprint density at radius 3 is 2.44 bits per heavy atom. The lowest BCUT2D eigenvalue weighted by atomic mass is 10.1. The number of carbonyl (C=O) groups excluding carboxylic acids is 1. The lowest BCUT2D eigenvalue weighted by Gasteiger charge is -2.03. The molecule has 0 radical (unpaired) electrons. The van der Waals surface area contributed by atoms with Gasteiger partial charge in [-0.3, -0.25) is 4.79 Å². The molecule has 1 aromatic rings. The summed E-state index contributed by atoms with van der Waals surface area (Å²) in [7, 11) is -3.48. The Labute approximate surface area is 108 Å². The summed E-state index contributed by atoms with van der Waals surface area (Å²) in [5, 5.41) is 0. The van der Waals surface area contributed by atoms with Crippen LogP contribution in [0.2, 0.25) is 0 Å². The number of aryl methyl sites for hydroxylation is 1. The van der Waals surface area contributed by atoms with Crippen LogP contribution in [-0.2, 0) is 21.2 Å². The van der Waals surface area contributed by atoms with Crippen molar-refractivity contribution in [1.82, 2.24) is 4.72 Å². The monoisotopic (exact) mass is 267 g/mol. The Hall–Kier alpha value is -1.62. The number of carbonyl (C=O) groups is 1. The van der Waals surface area contributed by atoms with E-state index in [0.717, 1.165) is 24.7 Å². The SMILES string of the molecule is C/C(=C\C(=O)NS(C)(=O)=O)CCc1ccccc1. The third-order valence-electron chi connectivity index (χ3n) is 2.31. The van der Waals surface area contributed by atoms with E-state index in [9.17, 15) is 13.2 Å². The first-order valence-electron chi connectivity index (χ1n) is 5.59. The summed E-state index contributed by atoms with van der Waals surface area (Å²) in [6, 6.07) is 9.91. The van der Waals surface area contributed by atoms with Crippen molar-refractivity contribution in [2.45, 2.75) is 19.8 Å². The quantitative estimate of drug-likeness (QED) is 0.825. The zero-order valence-electron chi connectivity index (χ0n) is 10.5. The van der Waals surface area contributed by atoms with E-state index in [2.05, 4.69) is 0 Å². The van der Waals surface area contributed by atoms with Gasteiger partial charge in [-0.1, -0.05) is 35.9 Å². The highest BCUT2D eigenvalue weighted by atomic mass is 32.2. The molecule has 0 bridgehead atoms. The average Bonchev–Trinajstić information content (AvgIpc) is 2.25. The maximum Gasteiger partial charge on any atom is 0.257 e. The highest BCUT2D eigenvalue weighted by Gasteiger charge is 2.05. The molecule has 0 spiro atoms. The second-order valence-electron chi connectivity index (χ2n) is 4.21. The lowest BCUT2D eigenvalue weighted by Crippen LogP contribution is -2.27. The smallest absolute Gasteiger partial charge is 0.257 e. The van der Waals surface area contributed by atoms with Crippen LogP contribution in [0.3, 0.4) is 0 Å². The molecule has 0 fully saturated rings. The molecule has 0 saturated heterocycles. The largest absolute Gasteiger partial charge is 0.269 e. The summed E-state index contributed by atoms with van der Waals surface area (Å²) in [4.78, 5) is 11.3. The van der Waals surface area contributed by atoms with Crippen molar-refractivity contribution >= 4 is 15.9 Å². The van der Waals surface area contributed by atoms with Crippen LogP contribution in [0.1, 0.15) is 18.9 Å². The van der Waals surface area contributed by atoms with E-state index in [4.69, 9.17) is 0 Å². The van der Waals surface area contributed by atoms with Crippen molar-refractivity contribution in [3.63, 3.8) is 0 Å². The number of hydrogen-bond donors (Lipinski definition) is 1. The molecule has 0 heterocycles. The van der Waals surface area contributed by atoms with Gasteiger partial charge in [-0.25, -0.2) is 13.1 Å². The van der Waals surface area contributed by atoms with E-state index in [1.54, 1.807) is 0 Å². The first kappa shape index (κ1) is 14.4. The molecule has 1 aromatic carbocycles. The minimum Gasteiger partial charge on any atom is -0.269 e. The van der Waals surface area contributed by atoms with Gasteiger partial charge in [-0.15, -0.1) is 0 Å². The Morgan fingerprint density at radius 2 is 1.89 bits per heavy atom. The van der Waals surface area contributed by atoms with Crippen molar-refractivity contribution in [3.8, 4) is 0 Å². The number of rotatable bonds is 5. The van der Waals surface area contributed by atoms with Crippen LogP contribution in [0.5, 0.6) is 0 Å². The fourth-order valence-electron chi connectivity index (χ4n) is 1.49. The van der Waals surface area contributed by atoms with Gasteiger partial charge in [-0.05, 0) is 25.3 Å². The zero-order valence-corrected chi connectivity index (χ0v) is 11.3. The van der Waals surface area contributed by atoms with E-state index in [0.29, 0.717) is 0 Å². The first-order chi connectivity index (χ1) is 8.37. The molecule has 0 aliphatic rings. The molecule has 98 valence electrons. The van der Waals surface area contributed by atoms with Crippen LogP contribution < -0.4 is 4.72 Å². The summed E-state index contributed by atoms with van der Waals surface area (Å²) in [6.45, 7) is 1.81. The minimum atomic E-state index is -3.48. The van der Waals surface area contributed by atoms with Gasteiger partial charge in [-0.2, -0.15) is 0 Å². The van der Waals surface area contributed by atoms with Gasteiger partial charge in [0.25, 0.3) is 5.91 Å². The lowest BCUT2D eigenvalue weighted by molar-refractivity contribution is -0.114. The maximum absolute atomic E-state index is 11.3. The molecule has 0 aliphatic heterocycles. The Balaban J connectivity index is 2.50. The van der Waals surface area contributed by atoms with Crippen LogP contribution in [0.25, 0.3) is 0 Å². The third kappa shape index (κ3) is 6.20. The molecular weight excluding hydrogens is 250 g/mol. The van der Waals surface area contributed by atoms with Gasteiger partial charge in [0.05, 0.1) is 6.26 Å². The van der Waals surface area contributed by atoms with Crippen LogP contribution in [0.4, 0.5) is 0 Å². The second kappa shape index (κ2) is 6.35. The molecule has 1 N–H and O–H groups in total. The number of nitrogens with one attached hydrogen (secondary N) is 1. The average molecular weight is 267 g/mol. The van der Waals surface area contributed by atoms with Crippen molar-refractivity contribution in [2.24, 2.45) is 0 Å². The molecule has 1 rings (SSSR count). The van der Waals surface area contributed by atoms with Crippen molar-refractivity contribution < 1.29 is 13.2 Å². The molecule has 18 heavy (non-hydrogen) atoms. The van der Waals surface area contributed by atoms with E-state index in [-0.39, 0.29) is 0 Å². The van der Waals surface area contributed by atoms with Gasteiger partial charge in [0.2, 0.25) is 10.0 Å². The summed E-state index contributed by atoms with van der Waals surface area (Å²) in [5.41, 5.74) is 2.04. The summed E-state index contributed by atoms with van der Waals surface area (Å²) < 4.78 is 23.6. The molecule has 0 aromatic heterocycles. The molecule has 0 unspecified atom stereocenters. The van der Waals surface area contributed by atoms with E-state index in [1.165, 1.54) is 11.6 Å². The number of hydrogen-bond acceptors (Lipinski definition) is 3. The Bertz CT molecular complexity index is 533. The Morgan fingerprint density at radius 1 is 1.28 bits per heavy atom. The molecule has 5 heteroatoms. The molecule has 0 saturated carbocycles. The minimum absolute atomic E-state index is 0.594. The topological polar surface area (TPSA) is 63.2 Å². The standard InChI is InChI=1S/C13H17NO3S/c1-11(10-13(15)14-18(2,16)17)8-9-12-6-4-3-5-7-12/h3-7,10H,8-9H2,1-2H3,(H,14,15)/b11-10+. The number of allylic oxidation sites excluding steroid dienone is 1. The van der Waals surface area contributed by atoms with Crippen molar-refractivity contribution in [2.75, 3.05) is 6.26 Å². The van der Waals surface area contributed by atoms with Crippen LogP contribution in [-0.4, -0.2) is 20.6 Å². The molecule has 1 amide bonds. The number of sulfonamides is 1. The molecule has 0 aliphatic carbocycles.